The molecule has 1 amide bonds. The second-order valence-electron chi connectivity index (χ2n) is 4.59. The lowest BCUT2D eigenvalue weighted by atomic mass is 10.1. The molecule has 0 radical (unpaired) electrons. The highest BCUT2D eigenvalue weighted by atomic mass is 19.3. The van der Waals surface area contributed by atoms with Crippen molar-refractivity contribution < 1.29 is 18.3 Å². The van der Waals surface area contributed by atoms with Crippen LogP contribution in [0, 0.1) is 0 Å². The average Bonchev–Trinajstić information content (AvgIpc) is 2.47. The molecule has 1 atom stereocenters. The first-order chi connectivity index (χ1) is 8.39. The summed E-state index contributed by atoms with van der Waals surface area (Å²) in [5.41, 5.74) is 0.749. The van der Waals surface area contributed by atoms with Gasteiger partial charge in [0.25, 0.3) is 5.91 Å². The Morgan fingerprint density at radius 1 is 1.44 bits per heavy atom. The molecular weight excluding hydrogens is 240 g/mol. The van der Waals surface area contributed by atoms with Gasteiger partial charge in [-0.2, -0.15) is 8.78 Å². The molecule has 1 aromatic rings. The SMILES string of the molecule is CC1COc2ccccc2CN1C(=O)C(C)(F)F. The van der Waals surface area contributed by atoms with Gasteiger partial charge >= 0.3 is 5.92 Å². The van der Waals surface area contributed by atoms with E-state index >= 15 is 0 Å². The van der Waals surface area contributed by atoms with Crippen molar-refractivity contribution in [2.24, 2.45) is 0 Å². The molecule has 0 spiro atoms. The maximum Gasteiger partial charge on any atom is 0.322 e. The number of para-hydroxylation sites is 1. The third-order valence-electron chi connectivity index (χ3n) is 2.96. The first kappa shape index (κ1) is 12.8. The van der Waals surface area contributed by atoms with Crippen molar-refractivity contribution in [3.8, 4) is 5.75 Å². The fraction of sp³-hybridized carbons (Fsp3) is 0.462. The molecule has 1 heterocycles. The lowest BCUT2D eigenvalue weighted by molar-refractivity contribution is -0.158. The number of fused-ring (bicyclic) bond motifs is 1. The zero-order chi connectivity index (χ0) is 13.3. The smallest absolute Gasteiger partial charge is 0.322 e. The molecule has 0 saturated carbocycles. The van der Waals surface area contributed by atoms with Crippen molar-refractivity contribution in [3.63, 3.8) is 0 Å². The monoisotopic (exact) mass is 255 g/mol. The minimum absolute atomic E-state index is 0.152. The van der Waals surface area contributed by atoms with Gasteiger partial charge in [0.15, 0.2) is 0 Å². The van der Waals surface area contributed by atoms with Crippen LogP contribution in [-0.2, 0) is 11.3 Å². The lowest BCUT2D eigenvalue weighted by Gasteiger charge is -2.28. The van der Waals surface area contributed by atoms with Gasteiger partial charge in [-0.25, -0.2) is 0 Å². The first-order valence-corrected chi connectivity index (χ1v) is 5.79. The number of hydrogen-bond donors (Lipinski definition) is 0. The number of carbonyl (C=O) groups excluding carboxylic acids is 1. The molecule has 0 saturated heterocycles. The summed E-state index contributed by atoms with van der Waals surface area (Å²) >= 11 is 0. The Labute approximate surface area is 104 Å². The summed E-state index contributed by atoms with van der Waals surface area (Å²) in [5.74, 6) is -3.86. The lowest BCUT2D eigenvalue weighted by Crippen LogP contribution is -2.47. The average molecular weight is 255 g/mol. The topological polar surface area (TPSA) is 29.5 Å². The van der Waals surface area contributed by atoms with Gasteiger partial charge in [-0.15, -0.1) is 0 Å². The molecule has 18 heavy (non-hydrogen) atoms. The summed E-state index contributed by atoms with van der Waals surface area (Å²) in [6.45, 7) is 2.70. The molecule has 98 valence electrons. The van der Waals surface area contributed by atoms with Crippen LogP contribution in [0.1, 0.15) is 19.4 Å². The van der Waals surface area contributed by atoms with Gasteiger partial charge < -0.3 is 9.64 Å². The van der Waals surface area contributed by atoms with Crippen LogP contribution in [-0.4, -0.2) is 29.4 Å². The number of nitrogens with zero attached hydrogens (tertiary/aromatic N) is 1. The quantitative estimate of drug-likeness (QED) is 0.771. The minimum atomic E-state index is -3.35. The predicted octanol–water partition coefficient (Wildman–Crippen LogP) is 2.45. The minimum Gasteiger partial charge on any atom is -0.491 e. The van der Waals surface area contributed by atoms with Gasteiger partial charge in [-0.1, -0.05) is 18.2 Å². The second kappa shape index (κ2) is 4.55. The van der Waals surface area contributed by atoms with Crippen molar-refractivity contribution in [1.82, 2.24) is 4.90 Å². The van der Waals surface area contributed by atoms with E-state index in [9.17, 15) is 13.6 Å². The van der Waals surface area contributed by atoms with E-state index in [1.165, 1.54) is 4.90 Å². The highest BCUT2D eigenvalue weighted by molar-refractivity contribution is 5.83. The number of alkyl halides is 2. The van der Waals surface area contributed by atoms with E-state index in [0.29, 0.717) is 12.7 Å². The molecule has 1 aromatic carbocycles. The van der Waals surface area contributed by atoms with E-state index in [1.54, 1.807) is 25.1 Å². The van der Waals surface area contributed by atoms with Gasteiger partial charge in [0.1, 0.15) is 12.4 Å². The molecule has 1 aliphatic rings. The molecule has 0 aliphatic carbocycles. The molecule has 5 heteroatoms. The molecule has 1 aliphatic heterocycles. The number of halogens is 2. The number of carbonyl (C=O) groups is 1. The Morgan fingerprint density at radius 3 is 2.78 bits per heavy atom. The predicted molar refractivity (Wildman–Crippen MR) is 62.6 cm³/mol. The summed E-state index contributed by atoms with van der Waals surface area (Å²) in [7, 11) is 0. The van der Waals surface area contributed by atoms with Gasteiger partial charge in [0.05, 0.1) is 6.04 Å². The summed E-state index contributed by atoms with van der Waals surface area (Å²) < 4.78 is 31.8. The molecule has 2 rings (SSSR count). The van der Waals surface area contributed by atoms with Crippen LogP contribution in [0.25, 0.3) is 0 Å². The van der Waals surface area contributed by atoms with Crippen molar-refractivity contribution in [1.29, 1.82) is 0 Å². The van der Waals surface area contributed by atoms with Crippen LogP contribution in [0.4, 0.5) is 8.78 Å². The largest absolute Gasteiger partial charge is 0.491 e. The molecule has 0 aromatic heterocycles. The van der Waals surface area contributed by atoms with Gasteiger partial charge in [0, 0.05) is 19.0 Å². The number of benzene rings is 1. The maximum absolute atomic E-state index is 13.2. The van der Waals surface area contributed by atoms with Crippen molar-refractivity contribution >= 4 is 5.91 Å². The van der Waals surface area contributed by atoms with Crippen molar-refractivity contribution in [3.05, 3.63) is 29.8 Å². The Hall–Kier alpha value is -1.65. The molecule has 1 unspecified atom stereocenters. The highest BCUT2D eigenvalue weighted by Crippen LogP contribution is 2.27. The fourth-order valence-electron chi connectivity index (χ4n) is 1.94. The van der Waals surface area contributed by atoms with E-state index < -0.39 is 11.8 Å². The Morgan fingerprint density at radius 2 is 2.11 bits per heavy atom. The van der Waals surface area contributed by atoms with Crippen LogP contribution >= 0.6 is 0 Å². The molecule has 3 nitrogen and oxygen atoms in total. The number of rotatable bonds is 1. The standard InChI is InChI=1S/C13H15F2NO2/c1-9-8-18-11-6-4-3-5-10(11)7-16(9)12(17)13(2,14)15/h3-6,9H,7-8H2,1-2H3. The number of hydrogen-bond acceptors (Lipinski definition) is 2. The fourth-order valence-corrected chi connectivity index (χ4v) is 1.94. The summed E-state index contributed by atoms with van der Waals surface area (Å²) in [6.07, 6.45) is 0. The zero-order valence-corrected chi connectivity index (χ0v) is 10.3. The van der Waals surface area contributed by atoms with Crippen LogP contribution in [0.3, 0.4) is 0 Å². The van der Waals surface area contributed by atoms with Crippen LogP contribution in [0.15, 0.2) is 24.3 Å². The Bertz CT molecular complexity index is 457. The summed E-state index contributed by atoms with van der Waals surface area (Å²) in [6, 6.07) is 6.79. The second-order valence-corrected chi connectivity index (χ2v) is 4.59. The summed E-state index contributed by atoms with van der Waals surface area (Å²) in [5, 5.41) is 0. The van der Waals surface area contributed by atoms with Crippen molar-refractivity contribution in [2.45, 2.75) is 32.4 Å². The van der Waals surface area contributed by atoms with Gasteiger partial charge in [0.2, 0.25) is 0 Å². The van der Waals surface area contributed by atoms with E-state index in [2.05, 4.69) is 0 Å². The number of amides is 1. The van der Waals surface area contributed by atoms with Crippen LogP contribution in [0.2, 0.25) is 0 Å². The maximum atomic E-state index is 13.2. The van der Waals surface area contributed by atoms with E-state index in [4.69, 9.17) is 4.74 Å². The van der Waals surface area contributed by atoms with Gasteiger partial charge in [-0.05, 0) is 13.0 Å². The summed E-state index contributed by atoms with van der Waals surface area (Å²) in [4.78, 5) is 12.9. The molecule has 0 bridgehead atoms. The Balaban J connectivity index is 2.30. The zero-order valence-electron chi connectivity index (χ0n) is 10.3. The molecular formula is C13H15F2NO2. The molecule has 0 fully saturated rings. The normalized spacial score (nSPS) is 19.8. The van der Waals surface area contributed by atoms with Crippen LogP contribution in [0.5, 0.6) is 5.75 Å². The van der Waals surface area contributed by atoms with Crippen molar-refractivity contribution in [2.75, 3.05) is 6.61 Å². The van der Waals surface area contributed by atoms with E-state index in [1.807, 2.05) is 6.07 Å². The van der Waals surface area contributed by atoms with E-state index in [0.717, 1.165) is 5.56 Å². The van der Waals surface area contributed by atoms with E-state index in [-0.39, 0.29) is 19.2 Å². The third-order valence-corrected chi connectivity index (χ3v) is 2.96. The highest BCUT2D eigenvalue weighted by Gasteiger charge is 2.39. The number of ether oxygens (including phenoxy) is 1. The van der Waals surface area contributed by atoms with Gasteiger partial charge in [-0.3, -0.25) is 4.79 Å². The third kappa shape index (κ3) is 2.44. The first-order valence-electron chi connectivity index (χ1n) is 5.79. The molecule has 0 N–H and O–H groups in total. The Kier molecular flexibility index (Phi) is 3.24. The van der Waals surface area contributed by atoms with Crippen LogP contribution < -0.4 is 4.74 Å².